The SMILES string of the molecule is CN(CCOc1nc(Cl)cc2c1C(O)NC(O)N2c1cnn(C)c1)C(=O)OC(C)(C)C. The number of pyridine rings is 1. The number of rotatable bonds is 5. The number of likely N-dealkylation sites (N-methyl/N-ethyl adjacent to an activating group) is 1. The van der Waals surface area contributed by atoms with Crippen molar-refractivity contribution in [2.45, 2.75) is 39.0 Å². The van der Waals surface area contributed by atoms with Crippen LogP contribution in [-0.4, -0.2) is 68.1 Å². The summed E-state index contributed by atoms with van der Waals surface area (Å²) in [6.07, 6.45) is 0.316. The van der Waals surface area contributed by atoms with Crippen molar-refractivity contribution in [2.24, 2.45) is 7.05 Å². The van der Waals surface area contributed by atoms with Gasteiger partial charge in [0.25, 0.3) is 0 Å². The Hall–Kier alpha value is -2.60. The van der Waals surface area contributed by atoms with Gasteiger partial charge in [-0.1, -0.05) is 11.6 Å². The standard InChI is InChI=1S/C19H27ClN6O5/c1-19(2,3)31-18(29)24(4)6-7-30-16-14-12(8-13(20)22-16)26(17(28)23-15(14)27)11-9-21-25(5)10-11/h8-10,15,17,23,27-28H,6-7H2,1-5H3. The molecule has 2 atom stereocenters. The zero-order valence-corrected chi connectivity index (χ0v) is 18.8. The van der Waals surface area contributed by atoms with Gasteiger partial charge in [-0.25, -0.2) is 15.1 Å². The number of nitrogens with one attached hydrogen (secondary N) is 1. The van der Waals surface area contributed by atoms with E-state index in [0.29, 0.717) is 16.9 Å². The fourth-order valence-corrected chi connectivity index (χ4v) is 3.19. The Bertz CT molecular complexity index is 946. The molecule has 3 rings (SSSR count). The number of aliphatic hydroxyl groups excluding tert-OH is 2. The minimum Gasteiger partial charge on any atom is -0.475 e. The quantitative estimate of drug-likeness (QED) is 0.579. The molecule has 0 aliphatic carbocycles. The number of halogens is 1. The number of fused-ring (bicyclic) bond motifs is 1. The first kappa shape index (κ1) is 23.1. The highest BCUT2D eigenvalue weighted by molar-refractivity contribution is 6.29. The van der Waals surface area contributed by atoms with Gasteiger partial charge in [-0.3, -0.25) is 9.58 Å². The Morgan fingerprint density at radius 2 is 2.10 bits per heavy atom. The molecule has 0 aromatic carbocycles. The van der Waals surface area contributed by atoms with Gasteiger partial charge in [-0.05, 0) is 20.8 Å². The topological polar surface area (TPSA) is 125 Å². The number of ether oxygens (including phenoxy) is 2. The summed E-state index contributed by atoms with van der Waals surface area (Å²) in [4.78, 5) is 19.2. The van der Waals surface area contributed by atoms with Crippen molar-refractivity contribution < 1.29 is 24.5 Å². The lowest BCUT2D eigenvalue weighted by Crippen LogP contribution is -2.49. The fourth-order valence-electron chi connectivity index (χ4n) is 3.01. The average molecular weight is 455 g/mol. The second-order valence-electron chi connectivity index (χ2n) is 8.12. The van der Waals surface area contributed by atoms with E-state index in [9.17, 15) is 15.0 Å². The molecule has 2 aromatic heterocycles. The molecule has 3 heterocycles. The number of hydrogen-bond acceptors (Lipinski definition) is 9. The lowest BCUT2D eigenvalue weighted by atomic mass is 10.1. The minimum absolute atomic E-state index is 0.0810. The third-order valence-corrected chi connectivity index (χ3v) is 4.59. The van der Waals surface area contributed by atoms with Crippen LogP contribution in [0.25, 0.3) is 0 Å². The van der Waals surface area contributed by atoms with E-state index in [1.165, 1.54) is 15.9 Å². The summed E-state index contributed by atoms with van der Waals surface area (Å²) in [6.45, 7) is 5.66. The predicted molar refractivity (Wildman–Crippen MR) is 113 cm³/mol. The molecule has 0 spiro atoms. The second kappa shape index (κ2) is 8.87. The number of aliphatic hydroxyl groups is 2. The number of amides is 1. The summed E-state index contributed by atoms with van der Waals surface area (Å²) in [5.41, 5.74) is 0.695. The number of hydrogen-bond donors (Lipinski definition) is 3. The molecule has 12 heteroatoms. The van der Waals surface area contributed by atoms with Crippen molar-refractivity contribution in [3.8, 4) is 5.88 Å². The van der Waals surface area contributed by atoms with Crippen LogP contribution in [-0.2, 0) is 11.8 Å². The van der Waals surface area contributed by atoms with Gasteiger partial charge in [0.1, 0.15) is 23.6 Å². The molecular formula is C19H27ClN6O5. The van der Waals surface area contributed by atoms with Gasteiger partial charge in [-0.15, -0.1) is 0 Å². The van der Waals surface area contributed by atoms with Gasteiger partial charge < -0.3 is 24.6 Å². The van der Waals surface area contributed by atoms with Crippen molar-refractivity contribution in [1.82, 2.24) is 25.0 Å². The maximum atomic E-state index is 12.1. The van der Waals surface area contributed by atoms with E-state index in [1.54, 1.807) is 51.9 Å². The molecule has 0 saturated heterocycles. The monoisotopic (exact) mass is 454 g/mol. The summed E-state index contributed by atoms with van der Waals surface area (Å²) in [5.74, 6) is 0.0841. The molecule has 2 unspecified atom stereocenters. The van der Waals surface area contributed by atoms with Crippen LogP contribution in [0.2, 0.25) is 5.15 Å². The van der Waals surface area contributed by atoms with E-state index in [0.717, 1.165) is 0 Å². The number of nitrogens with zero attached hydrogens (tertiary/aromatic N) is 5. The zero-order valence-electron chi connectivity index (χ0n) is 18.0. The number of anilines is 2. The van der Waals surface area contributed by atoms with Crippen LogP contribution in [0, 0.1) is 0 Å². The third-order valence-electron chi connectivity index (χ3n) is 4.40. The molecule has 1 aliphatic rings. The summed E-state index contributed by atoms with van der Waals surface area (Å²) in [7, 11) is 3.34. The molecule has 0 saturated carbocycles. The molecule has 2 aromatic rings. The zero-order chi connectivity index (χ0) is 22.9. The molecular weight excluding hydrogens is 428 g/mol. The van der Waals surface area contributed by atoms with E-state index >= 15 is 0 Å². The van der Waals surface area contributed by atoms with Gasteiger partial charge in [0.2, 0.25) is 5.88 Å². The van der Waals surface area contributed by atoms with Gasteiger partial charge in [0.15, 0.2) is 6.35 Å². The Labute approximate surface area is 185 Å². The highest BCUT2D eigenvalue weighted by atomic mass is 35.5. The number of aryl methyl sites for hydroxylation is 1. The molecule has 1 aliphatic heterocycles. The molecule has 0 radical (unpaired) electrons. The van der Waals surface area contributed by atoms with Crippen LogP contribution < -0.4 is 15.0 Å². The normalized spacial score (nSPS) is 18.5. The molecule has 3 N–H and O–H groups in total. The molecule has 1 amide bonds. The van der Waals surface area contributed by atoms with Crippen LogP contribution in [0.3, 0.4) is 0 Å². The van der Waals surface area contributed by atoms with E-state index < -0.39 is 24.3 Å². The van der Waals surface area contributed by atoms with Gasteiger partial charge in [0.05, 0.1) is 29.7 Å². The maximum Gasteiger partial charge on any atom is 0.410 e. The number of carbonyl (C=O) groups is 1. The second-order valence-corrected chi connectivity index (χ2v) is 8.51. The van der Waals surface area contributed by atoms with Crippen molar-refractivity contribution in [3.63, 3.8) is 0 Å². The van der Waals surface area contributed by atoms with Gasteiger partial charge >= 0.3 is 6.09 Å². The minimum atomic E-state index is -1.25. The highest BCUT2D eigenvalue weighted by Crippen LogP contribution is 2.41. The highest BCUT2D eigenvalue weighted by Gasteiger charge is 2.35. The Balaban J connectivity index is 1.81. The first-order chi connectivity index (χ1) is 14.5. The number of aromatic nitrogens is 3. The molecule has 170 valence electrons. The first-order valence-electron chi connectivity index (χ1n) is 9.63. The molecule has 11 nitrogen and oxygen atoms in total. The summed E-state index contributed by atoms with van der Waals surface area (Å²) < 4.78 is 12.6. The van der Waals surface area contributed by atoms with E-state index in [-0.39, 0.29) is 24.2 Å². The third kappa shape index (κ3) is 5.37. The van der Waals surface area contributed by atoms with E-state index in [1.807, 2.05) is 0 Å². The van der Waals surface area contributed by atoms with Crippen molar-refractivity contribution >= 4 is 29.1 Å². The van der Waals surface area contributed by atoms with Crippen molar-refractivity contribution in [2.75, 3.05) is 25.1 Å². The van der Waals surface area contributed by atoms with Crippen LogP contribution in [0.1, 0.15) is 32.6 Å². The number of carbonyl (C=O) groups excluding carboxylic acids is 1. The lowest BCUT2D eigenvalue weighted by molar-refractivity contribution is 0.0259. The van der Waals surface area contributed by atoms with E-state index in [2.05, 4.69) is 15.4 Å². The van der Waals surface area contributed by atoms with Crippen LogP contribution in [0.5, 0.6) is 5.88 Å². The Morgan fingerprint density at radius 3 is 2.71 bits per heavy atom. The smallest absolute Gasteiger partial charge is 0.410 e. The van der Waals surface area contributed by atoms with Crippen LogP contribution >= 0.6 is 11.6 Å². The molecule has 0 fully saturated rings. The van der Waals surface area contributed by atoms with E-state index in [4.69, 9.17) is 21.1 Å². The predicted octanol–water partition coefficient (Wildman–Crippen LogP) is 1.72. The fraction of sp³-hybridized carbons (Fsp3) is 0.526. The summed E-state index contributed by atoms with van der Waals surface area (Å²) in [6, 6.07) is 1.52. The average Bonchev–Trinajstić information content (AvgIpc) is 3.05. The largest absolute Gasteiger partial charge is 0.475 e. The summed E-state index contributed by atoms with van der Waals surface area (Å²) in [5, 5.41) is 27.9. The van der Waals surface area contributed by atoms with Crippen LogP contribution in [0.4, 0.5) is 16.2 Å². The summed E-state index contributed by atoms with van der Waals surface area (Å²) >= 11 is 6.19. The Kier molecular flexibility index (Phi) is 6.60. The van der Waals surface area contributed by atoms with Crippen LogP contribution in [0.15, 0.2) is 18.5 Å². The Morgan fingerprint density at radius 1 is 1.39 bits per heavy atom. The molecule has 0 bridgehead atoms. The lowest BCUT2D eigenvalue weighted by Gasteiger charge is -2.38. The molecule has 31 heavy (non-hydrogen) atoms. The van der Waals surface area contributed by atoms with Gasteiger partial charge in [0, 0.05) is 26.4 Å². The van der Waals surface area contributed by atoms with Crippen molar-refractivity contribution in [3.05, 3.63) is 29.2 Å². The van der Waals surface area contributed by atoms with Gasteiger partial charge in [-0.2, -0.15) is 5.10 Å². The first-order valence-corrected chi connectivity index (χ1v) is 10.0. The van der Waals surface area contributed by atoms with Crippen molar-refractivity contribution in [1.29, 1.82) is 0 Å². The maximum absolute atomic E-state index is 12.1.